The van der Waals surface area contributed by atoms with Crippen molar-refractivity contribution in [2.24, 2.45) is 0 Å². The summed E-state index contributed by atoms with van der Waals surface area (Å²) in [4.78, 5) is 11.4. The number of carbonyl (C=O) groups is 1. The molecule has 4 nitrogen and oxygen atoms in total. The molecule has 2 aromatic rings. The molecule has 0 saturated heterocycles. The van der Waals surface area contributed by atoms with Crippen molar-refractivity contribution in [1.82, 2.24) is 5.32 Å². The molecule has 1 N–H and O–H groups in total. The number of ether oxygens (including phenoxy) is 1. The quantitative estimate of drug-likeness (QED) is 0.880. The van der Waals surface area contributed by atoms with Crippen LogP contribution in [0.4, 0.5) is 0 Å². The summed E-state index contributed by atoms with van der Waals surface area (Å²) in [7, 11) is 1.57. The van der Waals surface area contributed by atoms with Crippen molar-refractivity contribution in [1.29, 1.82) is 0 Å². The molecule has 1 amide bonds. The van der Waals surface area contributed by atoms with Crippen molar-refractivity contribution in [3.8, 4) is 5.75 Å². The fraction of sp³-hybridized carbons (Fsp3) is 0.353. The molecule has 1 heterocycles. The third kappa shape index (κ3) is 3.88. The van der Waals surface area contributed by atoms with Gasteiger partial charge in [0, 0.05) is 7.05 Å². The molecule has 0 fully saturated rings. The van der Waals surface area contributed by atoms with Gasteiger partial charge >= 0.3 is 0 Å². The summed E-state index contributed by atoms with van der Waals surface area (Å²) in [5.74, 6) is 2.03. The smallest absolute Gasteiger partial charge is 0.286 e. The molecular formula is C17H21NO3. The van der Waals surface area contributed by atoms with Crippen molar-refractivity contribution >= 4 is 5.91 Å². The van der Waals surface area contributed by atoms with E-state index in [9.17, 15) is 4.79 Å². The first kappa shape index (κ1) is 15.2. The summed E-state index contributed by atoms with van der Waals surface area (Å²) in [6.07, 6.45) is 1.12. The lowest BCUT2D eigenvalue weighted by molar-refractivity contribution is 0.0931. The SMILES string of the molecule is CCC(C)c1ccc(OCc2ccc(C(=O)NC)o2)cc1. The molecule has 21 heavy (non-hydrogen) atoms. The third-order valence-electron chi connectivity index (χ3n) is 3.56. The molecule has 0 saturated carbocycles. The zero-order valence-electron chi connectivity index (χ0n) is 12.7. The van der Waals surface area contributed by atoms with Gasteiger partial charge in [-0.2, -0.15) is 0 Å². The van der Waals surface area contributed by atoms with Crippen LogP contribution in [0, 0.1) is 0 Å². The molecular weight excluding hydrogens is 266 g/mol. The zero-order valence-corrected chi connectivity index (χ0v) is 12.7. The largest absolute Gasteiger partial charge is 0.486 e. The Kier molecular flexibility index (Phi) is 5.04. The summed E-state index contributed by atoms with van der Waals surface area (Å²) in [5.41, 5.74) is 1.31. The van der Waals surface area contributed by atoms with Crippen LogP contribution < -0.4 is 10.1 Å². The molecule has 0 aliphatic carbocycles. The van der Waals surface area contributed by atoms with Crippen LogP contribution in [0.15, 0.2) is 40.8 Å². The maximum atomic E-state index is 11.4. The first-order chi connectivity index (χ1) is 10.1. The van der Waals surface area contributed by atoms with Crippen LogP contribution >= 0.6 is 0 Å². The van der Waals surface area contributed by atoms with Gasteiger partial charge in [-0.1, -0.05) is 26.0 Å². The fourth-order valence-corrected chi connectivity index (χ4v) is 1.98. The van der Waals surface area contributed by atoms with E-state index in [0.29, 0.717) is 24.0 Å². The molecule has 1 unspecified atom stereocenters. The highest BCUT2D eigenvalue weighted by molar-refractivity contribution is 5.91. The fourth-order valence-electron chi connectivity index (χ4n) is 1.98. The van der Waals surface area contributed by atoms with Crippen LogP contribution in [0.5, 0.6) is 5.75 Å². The van der Waals surface area contributed by atoms with Gasteiger partial charge in [0.1, 0.15) is 18.1 Å². The molecule has 2 rings (SSSR count). The Morgan fingerprint density at radius 3 is 2.57 bits per heavy atom. The monoisotopic (exact) mass is 287 g/mol. The van der Waals surface area contributed by atoms with Crippen LogP contribution in [0.1, 0.15) is 48.1 Å². The molecule has 0 aliphatic rings. The minimum Gasteiger partial charge on any atom is -0.486 e. The predicted molar refractivity (Wildman–Crippen MR) is 81.6 cm³/mol. The first-order valence-corrected chi connectivity index (χ1v) is 7.17. The van der Waals surface area contributed by atoms with Gasteiger partial charge < -0.3 is 14.5 Å². The minimum atomic E-state index is -0.237. The van der Waals surface area contributed by atoms with E-state index in [4.69, 9.17) is 9.15 Å². The number of rotatable bonds is 6. The van der Waals surface area contributed by atoms with E-state index in [2.05, 4.69) is 31.3 Å². The van der Waals surface area contributed by atoms with Crippen molar-refractivity contribution in [2.75, 3.05) is 7.05 Å². The summed E-state index contributed by atoms with van der Waals surface area (Å²) < 4.78 is 11.1. The molecule has 0 aliphatic heterocycles. The van der Waals surface area contributed by atoms with Gasteiger partial charge in [-0.25, -0.2) is 0 Å². The van der Waals surface area contributed by atoms with Crippen molar-refractivity contribution in [2.45, 2.75) is 32.8 Å². The van der Waals surface area contributed by atoms with E-state index < -0.39 is 0 Å². The Hall–Kier alpha value is -2.23. The maximum absolute atomic E-state index is 11.4. The highest BCUT2D eigenvalue weighted by Crippen LogP contribution is 2.22. The first-order valence-electron chi connectivity index (χ1n) is 7.17. The summed E-state index contributed by atoms with van der Waals surface area (Å²) in [6, 6.07) is 11.5. The number of benzene rings is 1. The second-order valence-corrected chi connectivity index (χ2v) is 5.01. The molecule has 0 bridgehead atoms. The van der Waals surface area contributed by atoms with Gasteiger partial charge in [-0.3, -0.25) is 4.79 Å². The van der Waals surface area contributed by atoms with Gasteiger partial charge in [0.15, 0.2) is 5.76 Å². The van der Waals surface area contributed by atoms with Gasteiger partial charge in [-0.15, -0.1) is 0 Å². The lowest BCUT2D eigenvalue weighted by atomic mass is 9.99. The van der Waals surface area contributed by atoms with E-state index in [0.717, 1.165) is 12.2 Å². The molecule has 1 aromatic heterocycles. The Morgan fingerprint density at radius 2 is 1.95 bits per heavy atom. The number of carbonyl (C=O) groups excluding carboxylic acids is 1. The van der Waals surface area contributed by atoms with E-state index in [1.165, 1.54) is 5.56 Å². The van der Waals surface area contributed by atoms with Crippen LogP contribution in [0.3, 0.4) is 0 Å². The number of furan rings is 1. The molecule has 4 heteroatoms. The number of hydrogen-bond donors (Lipinski definition) is 1. The Morgan fingerprint density at radius 1 is 1.24 bits per heavy atom. The molecule has 0 spiro atoms. The van der Waals surface area contributed by atoms with Crippen LogP contribution in [0.2, 0.25) is 0 Å². The second-order valence-electron chi connectivity index (χ2n) is 5.01. The second kappa shape index (κ2) is 6.97. The van der Waals surface area contributed by atoms with Gasteiger partial charge in [0.25, 0.3) is 5.91 Å². The van der Waals surface area contributed by atoms with Gasteiger partial charge in [0.2, 0.25) is 0 Å². The van der Waals surface area contributed by atoms with Crippen LogP contribution in [0.25, 0.3) is 0 Å². The Labute approximate surface area is 125 Å². The third-order valence-corrected chi connectivity index (χ3v) is 3.56. The standard InChI is InChI=1S/C17H21NO3/c1-4-12(2)13-5-7-14(8-6-13)20-11-15-9-10-16(21-15)17(19)18-3/h5-10,12H,4,11H2,1-3H3,(H,18,19). The normalized spacial score (nSPS) is 12.0. The van der Waals surface area contributed by atoms with E-state index in [-0.39, 0.29) is 5.91 Å². The lowest BCUT2D eigenvalue weighted by Gasteiger charge is -2.10. The minimum absolute atomic E-state index is 0.237. The van der Waals surface area contributed by atoms with E-state index >= 15 is 0 Å². The molecule has 1 atom stereocenters. The van der Waals surface area contributed by atoms with E-state index in [1.807, 2.05) is 12.1 Å². The van der Waals surface area contributed by atoms with Gasteiger partial charge in [0.05, 0.1) is 0 Å². The summed E-state index contributed by atoms with van der Waals surface area (Å²) >= 11 is 0. The average molecular weight is 287 g/mol. The highest BCUT2D eigenvalue weighted by Gasteiger charge is 2.09. The highest BCUT2D eigenvalue weighted by atomic mass is 16.5. The topological polar surface area (TPSA) is 51.5 Å². The van der Waals surface area contributed by atoms with Crippen molar-refractivity contribution < 1.29 is 13.9 Å². The summed E-state index contributed by atoms with van der Waals surface area (Å²) in [5, 5.41) is 2.52. The average Bonchev–Trinajstić information content (AvgIpc) is 3.01. The molecule has 1 aromatic carbocycles. The Balaban J connectivity index is 1.93. The molecule has 112 valence electrons. The summed E-state index contributed by atoms with van der Waals surface area (Å²) in [6.45, 7) is 4.69. The van der Waals surface area contributed by atoms with Crippen molar-refractivity contribution in [3.05, 3.63) is 53.5 Å². The number of nitrogens with one attached hydrogen (secondary N) is 1. The lowest BCUT2D eigenvalue weighted by Crippen LogP contribution is -2.16. The van der Waals surface area contributed by atoms with Crippen LogP contribution in [-0.2, 0) is 6.61 Å². The molecule has 0 radical (unpaired) electrons. The zero-order chi connectivity index (χ0) is 15.2. The van der Waals surface area contributed by atoms with Crippen LogP contribution in [-0.4, -0.2) is 13.0 Å². The predicted octanol–water partition coefficient (Wildman–Crippen LogP) is 3.73. The van der Waals surface area contributed by atoms with E-state index in [1.54, 1.807) is 19.2 Å². The maximum Gasteiger partial charge on any atom is 0.286 e. The number of amides is 1. The number of hydrogen-bond acceptors (Lipinski definition) is 3. The van der Waals surface area contributed by atoms with Crippen molar-refractivity contribution in [3.63, 3.8) is 0 Å². The Bertz CT molecular complexity index is 586. The van der Waals surface area contributed by atoms with Gasteiger partial charge in [-0.05, 0) is 42.2 Å².